The second-order valence-corrected chi connectivity index (χ2v) is 2.99. The normalized spacial score (nSPS) is 22.7. The van der Waals surface area contributed by atoms with Gasteiger partial charge in [-0.3, -0.25) is 0 Å². The van der Waals surface area contributed by atoms with Gasteiger partial charge in [-0.2, -0.15) is 0 Å². The van der Waals surface area contributed by atoms with Gasteiger partial charge in [-0.05, 0) is 18.3 Å². The van der Waals surface area contributed by atoms with Crippen LogP contribution in [0.3, 0.4) is 0 Å². The molecule has 9 heavy (non-hydrogen) atoms. The molecule has 0 fully saturated rings. The maximum atomic E-state index is 10.8. The summed E-state index contributed by atoms with van der Waals surface area (Å²) in [6.07, 6.45) is 3.80. The molecule has 0 bridgehead atoms. The van der Waals surface area contributed by atoms with E-state index in [0.29, 0.717) is 5.76 Å². The molecule has 1 aliphatic carbocycles. The van der Waals surface area contributed by atoms with Gasteiger partial charge in [-0.15, -0.1) is 5.76 Å². The topological polar surface area (TPSA) is 23.1 Å². The predicted octanol–water partition coefficient (Wildman–Crippen LogP) is -1.95. The Bertz CT molecular complexity index is 127. The van der Waals surface area contributed by atoms with Crippen molar-refractivity contribution >= 4 is 0 Å². The van der Waals surface area contributed by atoms with Crippen molar-refractivity contribution in [3.05, 3.63) is 11.8 Å². The largest absolute Gasteiger partial charge is 1.00 e. The molecule has 0 amide bonds. The Balaban J connectivity index is 0.000000640. The van der Waals surface area contributed by atoms with Crippen molar-refractivity contribution in [1.82, 2.24) is 0 Å². The van der Waals surface area contributed by atoms with Gasteiger partial charge in [0, 0.05) is 0 Å². The van der Waals surface area contributed by atoms with Crippen molar-refractivity contribution in [3.8, 4) is 0 Å². The zero-order valence-corrected chi connectivity index (χ0v) is 6.40. The summed E-state index contributed by atoms with van der Waals surface area (Å²) in [5.74, 6) is 0.317. The summed E-state index contributed by atoms with van der Waals surface area (Å²) in [4.78, 5) is 0. The average molecular weight is 118 g/mol. The molecule has 0 aromatic heterocycles. The fourth-order valence-corrected chi connectivity index (χ4v) is 0.964. The van der Waals surface area contributed by atoms with Gasteiger partial charge < -0.3 is 5.11 Å². The SMILES string of the molecule is CC1(C)CCC=C1[O-].[Li+]. The number of hydrogen-bond donors (Lipinski definition) is 0. The molecule has 0 aliphatic heterocycles. The fraction of sp³-hybridized carbons (Fsp3) is 0.714. The minimum atomic E-state index is -0.0417. The van der Waals surface area contributed by atoms with Crippen LogP contribution in [0.1, 0.15) is 26.7 Å². The van der Waals surface area contributed by atoms with E-state index in [-0.39, 0.29) is 24.3 Å². The summed E-state index contributed by atoms with van der Waals surface area (Å²) in [6.45, 7) is 4.00. The Morgan fingerprint density at radius 2 is 2.11 bits per heavy atom. The van der Waals surface area contributed by atoms with Gasteiger partial charge in [0.2, 0.25) is 0 Å². The van der Waals surface area contributed by atoms with Crippen LogP contribution in [0.15, 0.2) is 11.8 Å². The van der Waals surface area contributed by atoms with Crippen LogP contribution in [0.25, 0.3) is 0 Å². The van der Waals surface area contributed by atoms with Crippen LogP contribution in [-0.2, 0) is 0 Å². The van der Waals surface area contributed by atoms with Gasteiger partial charge in [0.25, 0.3) is 0 Å². The first-order chi connectivity index (χ1) is 3.63. The fourth-order valence-electron chi connectivity index (χ4n) is 0.964. The molecule has 0 spiro atoms. The van der Waals surface area contributed by atoms with Crippen molar-refractivity contribution in [1.29, 1.82) is 0 Å². The first-order valence-corrected chi connectivity index (χ1v) is 3.00. The predicted molar refractivity (Wildman–Crippen MR) is 31.1 cm³/mol. The van der Waals surface area contributed by atoms with E-state index in [0.717, 1.165) is 12.8 Å². The van der Waals surface area contributed by atoms with E-state index in [4.69, 9.17) is 0 Å². The van der Waals surface area contributed by atoms with Crippen molar-refractivity contribution in [3.63, 3.8) is 0 Å². The monoisotopic (exact) mass is 118 g/mol. The molecule has 1 aliphatic rings. The third kappa shape index (κ3) is 1.78. The van der Waals surface area contributed by atoms with Crippen LogP contribution in [0.2, 0.25) is 0 Å². The average Bonchev–Trinajstić information content (AvgIpc) is 1.86. The van der Waals surface area contributed by atoms with Gasteiger partial charge in [-0.25, -0.2) is 0 Å². The summed E-state index contributed by atoms with van der Waals surface area (Å²) in [5.41, 5.74) is -0.0417. The van der Waals surface area contributed by atoms with E-state index in [2.05, 4.69) is 0 Å². The van der Waals surface area contributed by atoms with E-state index in [1.165, 1.54) is 0 Å². The molecule has 0 aromatic rings. The van der Waals surface area contributed by atoms with Gasteiger partial charge >= 0.3 is 18.9 Å². The zero-order chi connectivity index (χ0) is 6.20. The zero-order valence-electron chi connectivity index (χ0n) is 6.40. The summed E-state index contributed by atoms with van der Waals surface area (Å²) < 4.78 is 0. The summed E-state index contributed by atoms with van der Waals surface area (Å²) in [5, 5.41) is 10.8. The van der Waals surface area contributed by atoms with Gasteiger partial charge in [0.05, 0.1) is 0 Å². The van der Waals surface area contributed by atoms with Gasteiger partial charge in [0.1, 0.15) is 0 Å². The standard InChI is InChI=1S/C7H12O.Li/c1-7(2)5-3-4-6(7)8;/h4,8H,3,5H2,1-2H3;/q;+1/p-1. The second kappa shape index (κ2) is 2.81. The van der Waals surface area contributed by atoms with Crippen molar-refractivity contribution in [2.24, 2.45) is 5.41 Å². The summed E-state index contributed by atoms with van der Waals surface area (Å²) in [7, 11) is 0. The quantitative estimate of drug-likeness (QED) is 0.339. The molecule has 1 nitrogen and oxygen atoms in total. The molecule has 0 heterocycles. The van der Waals surface area contributed by atoms with Gasteiger partial charge in [0.15, 0.2) is 0 Å². The molecule has 0 N–H and O–H groups in total. The molecule has 0 aromatic carbocycles. The minimum absolute atomic E-state index is 0. The number of hydrogen-bond acceptors (Lipinski definition) is 1. The minimum Gasteiger partial charge on any atom is -0.875 e. The summed E-state index contributed by atoms with van der Waals surface area (Å²) >= 11 is 0. The van der Waals surface area contributed by atoms with Crippen LogP contribution in [0.4, 0.5) is 0 Å². The van der Waals surface area contributed by atoms with E-state index < -0.39 is 0 Å². The molecule has 2 heteroatoms. The van der Waals surface area contributed by atoms with Crippen LogP contribution in [0, 0.1) is 5.41 Å². The van der Waals surface area contributed by atoms with Crippen LogP contribution in [0.5, 0.6) is 0 Å². The maximum absolute atomic E-state index is 10.8. The Kier molecular flexibility index (Phi) is 2.86. The number of allylic oxidation sites excluding steroid dienone is 2. The molecule has 1 rings (SSSR count). The third-order valence-electron chi connectivity index (χ3n) is 1.77. The smallest absolute Gasteiger partial charge is 0.875 e. The molecule has 0 saturated carbocycles. The van der Waals surface area contributed by atoms with E-state index in [1.54, 1.807) is 6.08 Å². The van der Waals surface area contributed by atoms with Gasteiger partial charge in [-0.1, -0.05) is 19.9 Å². The van der Waals surface area contributed by atoms with Crippen molar-refractivity contribution in [2.75, 3.05) is 0 Å². The van der Waals surface area contributed by atoms with Crippen LogP contribution in [-0.4, -0.2) is 0 Å². The Morgan fingerprint density at radius 1 is 1.56 bits per heavy atom. The van der Waals surface area contributed by atoms with E-state index in [9.17, 15) is 5.11 Å². The van der Waals surface area contributed by atoms with Crippen molar-refractivity contribution < 1.29 is 24.0 Å². The summed E-state index contributed by atoms with van der Waals surface area (Å²) in [6, 6.07) is 0. The second-order valence-electron chi connectivity index (χ2n) is 2.99. The molecular weight excluding hydrogens is 107 g/mol. The number of rotatable bonds is 0. The Hall–Kier alpha value is 0.137. The molecule has 0 radical (unpaired) electrons. The van der Waals surface area contributed by atoms with E-state index in [1.807, 2.05) is 13.8 Å². The van der Waals surface area contributed by atoms with E-state index >= 15 is 0 Å². The maximum Gasteiger partial charge on any atom is 1.00 e. The molecule has 46 valence electrons. The van der Waals surface area contributed by atoms with Crippen LogP contribution < -0.4 is 24.0 Å². The first kappa shape index (κ1) is 9.14. The third-order valence-corrected chi connectivity index (χ3v) is 1.77. The first-order valence-electron chi connectivity index (χ1n) is 3.00. The Morgan fingerprint density at radius 3 is 2.22 bits per heavy atom. The molecule has 0 saturated heterocycles. The van der Waals surface area contributed by atoms with Crippen molar-refractivity contribution in [2.45, 2.75) is 26.7 Å². The molecular formula is C7H11LiO. The molecule has 0 unspecified atom stereocenters. The Labute approximate surface area is 68.3 Å². The molecule has 0 atom stereocenters. The van der Waals surface area contributed by atoms with Crippen LogP contribution >= 0.6 is 0 Å².